The number of benzene rings is 1. The molecule has 0 aliphatic carbocycles. The van der Waals surface area contributed by atoms with Crippen molar-refractivity contribution in [3.05, 3.63) is 38.9 Å². The monoisotopic (exact) mass is 214 g/mol. The maximum atomic E-state index is 10.6. The van der Waals surface area contributed by atoms with Gasteiger partial charge in [-0.05, 0) is 12.1 Å². The molecule has 0 amide bonds. The smallest absolute Gasteiger partial charge is 0.278 e. The number of nitro benzene ring substituents is 1. The first-order valence-electron chi connectivity index (χ1n) is 3.65. The van der Waals surface area contributed by atoms with Crippen molar-refractivity contribution in [2.24, 2.45) is 5.16 Å². The van der Waals surface area contributed by atoms with Gasteiger partial charge in [-0.2, -0.15) is 0 Å². The second kappa shape index (κ2) is 4.57. The van der Waals surface area contributed by atoms with Gasteiger partial charge in [-0.25, -0.2) is 0 Å². The summed E-state index contributed by atoms with van der Waals surface area (Å²) in [5.74, 6) is 0. The van der Waals surface area contributed by atoms with E-state index >= 15 is 0 Å². The van der Waals surface area contributed by atoms with Crippen LogP contribution in [0.15, 0.2) is 23.4 Å². The highest BCUT2D eigenvalue weighted by molar-refractivity contribution is 6.31. The predicted octanol–water partition coefficient (Wildman–Crippen LogP) is 2.23. The molecule has 0 aliphatic rings. The van der Waals surface area contributed by atoms with E-state index in [1.807, 2.05) is 0 Å². The molecule has 5 nitrogen and oxygen atoms in total. The maximum Gasteiger partial charge on any atom is 0.278 e. The summed E-state index contributed by atoms with van der Waals surface area (Å²) in [5, 5.41) is 14.4. The molecule has 1 aromatic carbocycles. The summed E-state index contributed by atoms with van der Waals surface area (Å²) in [6, 6.07) is 4.21. The number of oxime groups is 1. The van der Waals surface area contributed by atoms with Crippen molar-refractivity contribution >= 4 is 23.5 Å². The van der Waals surface area contributed by atoms with Crippen LogP contribution in [-0.2, 0) is 4.84 Å². The van der Waals surface area contributed by atoms with E-state index in [-0.39, 0.29) is 5.69 Å². The lowest BCUT2D eigenvalue weighted by Crippen LogP contribution is -1.94. The average Bonchev–Trinajstić information content (AvgIpc) is 2.14. The van der Waals surface area contributed by atoms with Crippen LogP contribution in [0.5, 0.6) is 0 Å². The Morgan fingerprint density at radius 3 is 2.93 bits per heavy atom. The molecule has 6 heteroatoms. The Bertz CT molecular complexity index is 379. The van der Waals surface area contributed by atoms with E-state index in [1.54, 1.807) is 0 Å². The van der Waals surface area contributed by atoms with Crippen LogP contribution >= 0.6 is 11.6 Å². The number of halogens is 1. The Morgan fingerprint density at radius 2 is 2.36 bits per heavy atom. The number of hydrogen-bond acceptors (Lipinski definition) is 4. The third kappa shape index (κ3) is 2.43. The minimum atomic E-state index is -0.507. The van der Waals surface area contributed by atoms with Crippen LogP contribution < -0.4 is 0 Å². The van der Waals surface area contributed by atoms with E-state index in [1.165, 1.54) is 31.5 Å². The zero-order valence-electron chi connectivity index (χ0n) is 7.31. The fourth-order valence-electron chi connectivity index (χ4n) is 0.905. The molecule has 0 saturated carbocycles. The molecule has 0 saturated heterocycles. The number of nitro groups is 1. The highest BCUT2D eigenvalue weighted by atomic mass is 35.5. The summed E-state index contributed by atoms with van der Waals surface area (Å²) in [6.45, 7) is 0. The van der Waals surface area contributed by atoms with Gasteiger partial charge in [0.15, 0.2) is 0 Å². The van der Waals surface area contributed by atoms with Crippen molar-refractivity contribution in [1.82, 2.24) is 0 Å². The molecule has 0 spiro atoms. The molecule has 1 aromatic rings. The summed E-state index contributed by atoms with van der Waals surface area (Å²) >= 11 is 5.68. The molecule has 74 valence electrons. The lowest BCUT2D eigenvalue weighted by Gasteiger charge is -1.96. The van der Waals surface area contributed by atoms with E-state index in [0.717, 1.165) is 0 Å². The summed E-state index contributed by atoms with van der Waals surface area (Å²) in [5.41, 5.74) is 0.250. The average molecular weight is 215 g/mol. The molecule has 0 fully saturated rings. The second-order valence-electron chi connectivity index (χ2n) is 2.38. The van der Waals surface area contributed by atoms with Crippen molar-refractivity contribution in [2.75, 3.05) is 7.11 Å². The minimum Gasteiger partial charge on any atom is -0.399 e. The maximum absolute atomic E-state index is 10.6. The Hall–Kier alpha value is -1.62. The summed E-state index contributed by atoms with van der Waals surface area (Å²) in [4.78, 5) is 14.5. The van der Waals surface area contributed by atoms with E-state index in [4.69, 9.17) is 11.6 Å². The van der Waals surface area contributed by atoms with Gasteiger partial charge < -0.3 is 4.84 Å². The molecule has 0 aromatic heterocycles. The molecule has 0 N–H and O–H groups in total. The third-order valence-corrected chi connectivity index (χ3v) is 1.72. The van der Waals surface area contributed by atoms with Gasteiger partial charge in [-0.3, -0.25) is 10.1 Å². The zero-order chi connectivity index (χ0) is 10.6. The fraction of sp³-hybridized carbons (Fsp3) is 0.125. The van der Waals surface area contributed by atoms with Gasteiger partial charge in [0.25, 0.3) is 5.69 Å². The van der Waals surface area contributed by atoms with Gasteiger partial charge in [-0.15, -0.1) is 0 Å². The van der Waals surface area contributed by atoms with Crippen molar-refractivity contribution in [1.29, 1.82) is 0 Å². The molecule has 0 radical (unpaired) electrons. The van der Waals surface area contributed by atoms with Crippen molar-refractivity contribution in [2.45, 2.75) is 0 Å². The molecular weight excluding hydrogens is 208 g/mol. The molecule has 0 unspecified atom stereocenters. The SMILES string of the molecule is CON=Cc1cc(Cl)ccc1[N+](=O)[O-]. The summed E-state index contributed by atoms with van der Waals surface area (Å²) in [7, 11) is 1.35. The first kappa shape index (κ1) is 10.5. The van der Waals surface area contributed by atoms with Gasteiger partial charge in [0.2, 0.25) is 0 Å². The Kier molecular flexibility index (Phi) is 3.41. The van der Waals surface area contributed by atoms with Crippen LogP contribution in [0.3, 0.4) is 0 Å². The normalized spacial score (nSPS) is 10.4. The Morgan fingerprint density at radius 1 is 1.64 bits per heavy atom. The van der Waals surface area contributed by atoms with Crippen molar-refractivity contribution in [3.8, 4) is 0 Å². The van der Waals surface area contributed by atoms with Crippen LogP contribution in [0.2, 0.25) is 5.02 Å². The topological polar surface area (TPSA) is 64.7 Å². The quantitative estimate of drug-likeness (QED) is 0.440. The summed E-state index contributed by atoms with van der Waals surface area (Å²) in [6.07, 6.45) is 1.24. The first-order valence-corrected chi connectivity index (χ1v) is 4.03. The van der Waals surface area contributed by atoms with Crippen molar-refractivity contribution in [3.63, 3.8) is 0 Å². The fourth-order valence-corrected chi connectivity index (χ4v) is 1.09. The van der Waals surface area contributed by atoms with Crippen LogP contribution in [0, 0.1) is 10.1 Å². The Balaban J connectivity index is 3.15. The van der Waals surface area contributed by atoms with E-state index in [2.05, 4.69) is 9.99 Å². The number of nitrogens with zero attached hydrogens (tertiary/aromatic N) is 2. The molecule has 0 aliphatic heterocycles. The minimum absolute atomic E-state index is 0.0600. The predicted molar refractivity (Wildman–Crippen MR) is 52.7 cm³/mol. The van der Waals surface area contributed by atoms with Gasteiger partial charge >= 0.3 is 0 Å². The third-order valence-electron chi connectivity index (χ3n) is 1.48. The molecule has 14 heavy (non-hydrogen) atoms. The van der Waals surface area contributed by atoms with Gasteiger partial charge in [0, 0.05) is 11.1 Å². The van der Waals surface area contributed by atoms with Crippen molar-refractivity contribution < 1.29 is 9.76 Å². The van der Waals surface area contributed by atoms with Crippen LogP contribution in [0.4, 0.5) is 5.69 Å². The van der Waals surface area contributed by atoms with Gasteiger partial charge in [0.1, 0.15) is 7.11 Å². The van der Waals surface area contributed by atoms with E-state index in [0.29, 0.717) is 10.6 Å². The van der Waals surface area contributed by atoms with Crippen LogP contribution in [0.1, 0.15) is 5.56 Å². The molecule has 1 rings (SSSR count). The summed E-state index contributed by atoms with van der Waals surface area (Å²) < 4.78 is 0. The lowest BCUT2D eigenvalue weighted by molar-refractivity contribution is -0.385. The first-order chi connectivity index (χ1) is 6.65. The Labute approximate surface area is 85.1 Å². The molecule has 0 heterocycles. The lowest BCUT2D eigenvalue weighted by atomic mass is 10.2. The highest BCUT2D eigenvalue weighted by Gasteiger charge is 2.11. The second-order valence-corrected chi connectivity index (χ2v) is 2.81. The van der Waals surface area contributed by atoms with Crippen LogP contribution in [-0.4, -0.2) is 18.2 Å². The molecule has 0 atom stereocenters. The highest BCUT2D eigenvalue weighted by Crippen LogP contribution is 2.20. The van der Waals surface area contributed by atoms with E-state index < -0.39 is 4.92 Å². The van der Waals surface area contributed by atoms with E-state index in [9.17, 15) is 10.1 Å². The number of rotatable bonds is 3. The zero-order valence-corrected chi connectivity index (χ0v) is 8.06. The molecular formula is C8H7ClN2O3. The standard InChI is InChI=1S/C8H7ClN2O3/c1-14-10-5-6-4-7(9)2-3-8(6)11(12)13/h2-5H,1H3. The van der Waals surface area contributed by atoms with Gasteiger partial charge in [-0.1, -0.05) is 16.8 Å². The number of hydrogen-bond donors (Lipinski definition) is 0. The van der Waals surface area contributed by atoms with Gasteiger partial charge in [0.05, 0.1) is 16.7 Å². The molecule has 0 bridgehead atoms. The largest absolute Gasteiger partial charge is 0.399 e. The van der Waals surface area contributed by atoms with Crippen LogP contribution in [0.25, 0.3) is 0 Å².